The Hall–Kier alpha value is -1.49. The normalized spacial score (nSPS) is 19.6. The molecule has 0 aromatic heterocycles. The first-order valence-corrected chi connectivity index (χ1v) is 4.99. The van der Waals surface area contributed by atoms with Gasteiger partial charge in [0.05, 0.1) is 0 Å². The van der Waals surface area contributed by atoms with E-state index in [1.165, 1.54) is 17.8 Å². The molecule has 0 amide bonds. The Labute approximate surface area is 85.3 Å². The molecule has 0 aromatic carbocycles. The lowest BCUT2D eigenvalue weighted by atomic mass is 10.3. The molecule has 2 aliphatic rings. The van der Waals surface area contributed by atoms with Crippen molar-refractivity contribution < 1.29 is 9.90 Å². The molecule has 0 saturated heterocycles. The van der Waals surface area contributed by atoms with Gasteiger partial charge in [0.1, 0.15) is 5.82 Å². The zero-order valence-corrected chi connectivity index (χ0v) is 8.07. The van der Waals surface area contributed by atoms with Gasteiger partial charge in [-0.2, -0.15) is 0 Å². The summed E-state index contributed by atoms with van der Waals surface area (Å²) in [5, 5.41) is 12.5. The second-order valence-corrected chi connectivity index (χ2v) is 3.53. The van der Waals surface area contributed by atoms with Gasteiger partial charge in [-0.15, -0.1) is 11.8 Å². The molecule has 5 heteroatoms. The molecule has 0 atom stereocenters. The predicted octanol–water partition coefficient (Wildman–Crippen LogP) is 1.40. The standard InChI is InChI=1S/C9H8N2O2S/c12-9(13)7-2-4-11-3-1-5-14-6-8(11)10-7/h1-2,4-6H,3H2,(H,12,13). The van der Waals surface area contributed by atoms with Gasteiger partial charge in [0.15, 0.2) is 5.71 Å². The van der Waals surface area contributed by atoms with E-state index in [-0.39, 0.29) is 5.71 Å². The highest BCUT2D eigenvalue weighted by Crippen LogP contribution is 2.21. The minimum atomic E-state index is -0.996. The van der Waals surface area contributed by atoms with Crippen LogP contribution in [0, 0.1) is 0 Å². The average Bonchev–Trinajstić information content (AvgIpc) is 2.41. The molecule has 0 spiro atoms. The fourth-order valence-corrected chi connectivity index (χ4v) is 1.73. The number of carboxylic acid groups (broad SMARTS) is 1. The van der Waals surface area contributed by atoms with Crippen LogP contribution in [0.3, 0.4) is 0 Å². The fourth-order valence-electron chi connectivity index (χ4n) is 1.14. The van der Waals surface area contributed by atoms with Crippen molar-refractivity contribution in [2.24, 2.45) is 4.99 Å². The summed E-state index contributed by atoms with van der Waals surface area (Å²) in [5.74, 6) is -0.316. The molecule has 2 rings (SSSR count). The summed E-state index contributed by atoms with van der Waals surface area (Å²) in [6.45, 7) is 0.728. The van der Waals surface area contributed by atoms with Crippen LogP contribution in [0.4, 0.5) is 0 Å². The zero-order valence-electron chi connectivity index (χ0n) is 7.25. The van der Waals surface area contributed by atoms with Crippen LogP contribution in [-0.4, -0.2) is 28.2 Å². The molecule has 0 aliphatic carbocycles. The maximum Gasteiger partial charge on any atom is 0.354 e. The number of thioether (sulfide) groups is 1. The lowest BCUT2D eigenvalue weighted by Crippen LogP contribution is -2.23. The van der Waals surface area contributed by atoms with E-state index in [0.29, 0.717) is 5.82 Å². The second-order valence-electron chi connectivity index (χ2n) is 2.75. The van der Waals surface area contributed by atoms with Gasteiger partial charge in [0, 0.05) is 18.2 Å². The Morgan fingerprint density at radius 2 is 2.50 bits per heavy atom. The van der Waals surface area contributed by atoms with Crippen molar-refractivity contribution in [2.75, 3.05) is 6.54 Å². The topological polar surface area (TPSA) is 52.9 Å². The number of hydrogen-bond donors (Lipinski definition) is 1. The number of carboxylic acids is 1. The van der Waals surface area contributed by atoms with Crippen LogP contribution in [0.15, 0.2) is 40.0 Å². The predicted molar refractivity (Wildman–Crippen MR) is 55.7 cm³/mol. The largest absolute Gasteiger partial charge is 0.477 e. The highest BCUT2D eigenvalue weighted by atomic mass is 32.2. The SMILES string of the molecule is O=C(O)C1=NC2=CSC=CCN2C=C1. The summed E-state index contributed by atoms with van der Waals surface area (Å²) in [6.07, 6.45) is 5.24. The molecule has 0 aromatic rings. The van der Waals surface area contributed by atoms with Crippen LogP contribution in [0.2, 0.25) is 0 Å². The molecule has 2 heterocycles. The Bertz CT molecular complexity index is 382. The summed E-state index contributed by atoms with van der Waals surface area (Å²) in [7, 11) is 0. The van der Waals surface area contributed by atoms with Crippen LogP contribution in [-0.2, 0) is 4.79 Å². The van der Waals surface area contributed by atoms with Crippen molar-refractivity contribution in [1.29, 1.82) is 0 Å². The highest BCUT2D eigenvalue weighted by Gasteiger charge is 2.15. The first-order valence-electron chi connectivity index (χ1n) is 4.05. The van der Waals surface area contributed by atoms with Crippen molar-refractivity contribution in [1.82, 2.24) is 4.90 Å². The smallest absolute Gasteiger partial charge is 0.354 e. The number of nitrogens with zero attached hydrogens (tertiary/aromatic N) is 2. The molecule has 72 valence electrons. The molecular formula is C9H8N2O2S. The molecule has 0 fully saturated rings. The minimum absolute atomic E-state index is 0.0787. The number of fused-ring (bicyclic) bond motifs is 1. The van der Waals surface area contributed by atoms with Crippen LogP contribution >= 0.6 is 11.8 Å². The molecule has 4 nitrogen and oxygen atoms in total. The van der Waals surface area contributed by atoms with Crippen molar-refractivity contribution in [3.63, 3.8) is 0 Å². The average molecular weight is 208 g/mol. The summed E-state index contributed by atoms with van der Waals surface area (Å²) < 4.78 is 0. The van der Waals surface area contributed by atoms with Crippen molar-refractivity contribution in [3.8, 4) is 0 Å². The maximum absolute atomic E-state index is 10.7. The summed E-state index contributed by atoms with van der Waals surface area (Å²) in [5.41, 5.74) is 0.0787. The lowest BCUT2D eigenvalue weighted by molar-refractivity contribution is -0.129. The third-order valence-corrected chi connectivity index (χ3v) is 2.51. The molecule has 2 aliphatic heterocycles. The van der Waals surface area contributed by atoms with Gasteiger partial charge in [0.2, 0.25) is 0 Å². The minimum Gasteiger partial charge on any atom is -0.477 e. The summed E-state index contributed by atoms with van der Waals surface area (Å²) in [4.78, 5) is 16.6. The Kier molecular flexibility index (Phi) is 2.41. The van der Waals surface area contributed by atoms with Gasteiger partial charge in [-0.05, 0) is 11.5 Å². The third-order valence-electron chi connectivity index (χ3n) is 1.81. The first kappa shape index (κ1) is 9.08. The van der Waals surface area contributed by atoms with Crippen LogP contribution in [0.5, 0.6) is 0 Å². The Morgan fingerprint density at radius 3 is 3.29 bits per heavy atom. The number of hydrogen-bond acceptors (Lipinski definition) is 4. The van der Waals surface area contributed by atoms with Gasteiger partial charge < -0.3 is 10.0 Å². The summed E-state index contributed by atoms with van der Waals surface area (Å²) in [6, 6.07) is 0. The van der Waals surface area contributed by atoms with E-state index in [1.807, 2.05) is 21.8 Å². The van der Waals surface area contributed by atoms with Gasteiger partial charge >= 0.3 is 5.97 Å². The second kappa shape index (κ2) is 3.71. The molecule has 14 heavy (non-hydrogen) atoms. The maximum atomic E-state index is 10.7. The fraction of sp³-hybridized carbons (Fsp3) is 0.111. The van der Waals surface area contributed by atoms with Gasteiger partial charge in [-0.3, -0.25) is 0 Å². The van der Waals surface area contributed by atoms with Crippen molar-refractivity contribution in [3.05, 3.63) is 35.0 Å². The third kappa shape index (κ3) is 1.72. The van der Waals surface area contributed by atoms with Crippen LogP contribution in [0.1, 0.15) is 0 Å². The van der Waals surface area contributed by atoms with E-state index < -0.39 is 5.97 Å². The summed E-state index contributed by atoms with van der Waals surface area (Å²) >= 11 is 1.50. The molecule has 0 radical (unpaired) electrons. The van der Waals surface area contributed by atoms with Gasteiger partial charge in [-0.1, -0.05) is 6.08 Å². The van der Waals surface area contributed by atoms with Crippen LogP contribution in [0.25, 0.3) is 0 Å². The van der Waals surface area contributed by atoms with E-state index >= 15 is 0 Å². The molecule has 1 N–H and O–H groups in total. The number of rotatable bonds is 1. The van der Waals surface area contributed by atoms with E-state index in [4.69, 9.17) is 5.11 Å². The van der Waals surface area contributed by atoms with E-state index in [9.17, 15) is 4.79 Å². The lowest BCUT2D eigenvalue weighted by Gasteiger charge is -2.20. The number of aliphatic imine (C=N–C) groups is 1. The molecular weight excluding hydrogens is 200 g/mol. The monoisotopic (exact) mass is 208 g/mol. The van der Waals surface area contributed by atoms with Crippen LogP contribution < -0.4 is 0 Å². The number of aliphatic carboxylic acids is 1. The van der Waals surface area contributed by atoms with E-state index in [2.05, 4.69) is 4.99 Å². The van der Waals surface area contributed by atoms with Crippen molar-refractivity contribution >= 4 is 23.4 Å². The highest BCUT2D eigenvalue weighted by molar-refractivity contribution is 8.04. The zero-order chi connectivity index (χ0) is 9.97. The Morgan fingerprint density at radius 1 is 1.64 bits per heavy atom. The van der Waals surface area contributed by atoms with E-state index in [1.54, 1.807) is 6.20 Å². The van der Waals surface area contributed by atoms with E-state index in [0.717, 1.165) is 6.54 Å². The molecule has 0 unspecified atom stereocenters. The van der Waals surface area contributed by atoms with Crippen molar-refractivity contribution in [2.45, 2.75) is 0 Å². The van der Waals surface area contributed by atoms with Gasteiger partial charge in [0.25, 0.3) is 0 Å². The first-order chi connectivity index (χ1) is 6.77. The number of carbonyl (C=O) groups is 1. The molecule has 0 bridgehead atoms. The Balaban J connectivity index is 2.29. The quantitative estimate of drug-likeness (QED) is 0.707. The van der Waals surface area contributed by atoms with Gasteiger partial charge in [-0.25, -0.2) is 9.79 Å². The molecule has 0 saturated carbocycles.